The molecule has 0 amide bonds. The van der Waals surface area contributed by atoms with Crippen molar-refractivity contribution in [2.24, 2.45) is 0 Å². The van der Waals surface area contributed by atoms with Crippen LogP contribution in [-0.4, -0.2) is 49.9 Å². The molecule has 22 heavy (non-hydrogen) atoms. The Morgan fingerprint density at radius 2 is 0.909 bits per heavy atom. The van der Waals surface area contributed by atoms with E-state index in [9.17, 15) is 0 Å². The number of hydrogen-bond donors (Lipinski definition) is 2. The van der Waals surface area contributed by atoms with E-state index in [2.05, 4.69) is 48.5 Å². The Balaban J connectivity index is 0.000000225. The van der Waals surface area contributed by atoms with Crippen molar-refractivity contribution in [3.63, 3.8) is 0 Å². The molecule has 0 aliphatic rings. The highest BCUT2D eigenvalue weighted by Crippen LogP contribution is 2.17. The summed E-state index contributed by atoms with van der Waals surface area (Å²) in [6.45, 7) is 1.73. The molecule has 0 spiro atoms. The molecule has 0 fully saturated rings. The molecule has 2 aromatic carbocycles. The first-order valence-corrected chi connectivity index (χ1v) is 7.36. The number of rotatable bonds is 8. The maximum atomic E-state index is 8.26. The monoisotopic (exact) mass is 304 g/mol. The van der Waals surface area contributed by atoms with Crippen LogP contribution in [0, 0.1) is 0 Å². The molecule has 0 saturated heterocycles. The van der Waals surface area contributed by atoms with E-state index < -0.39 is 0 Å². The topological polar surface area (TPSA) is 58.9 Å². The lowest BCUT2D eigenvalue weighted by molar-refractivity contribution is 0.0222. The van der Waals surface area contributed by atoms with Crippen molar-refractivity contribution >= 4 is 0 Å². The predicted molar refractivity (Wildman–Crippen MR) is 87.7 cm³/mol. The van der Waals surface area contributed by atoms with Crippen LogP contribution < -0.4 is 0 Å². The smallest absolute Gasteiger partial charge is 0.0701 e. The molecule has 0 atom stereocenters. The Labute approximate surface area is 131 Å². The highest BCUT2D eigenvalue weighted by molar-refractivity contribution is 5.62. The standard InChI is InChI=1S/C12H10.C6H14O4/c1-3-7-11(8-4-1)12-9-5-2-6-10-12;7-1-3-9-5-6-10-4-2-8/h1-10H;7-8H,1-6H2. The molecular weight excluding hydrogens is 280 g/mol. The van der Waals surface area contributed by atoms with Crippen molar-refractivity contribution in [2.75, 3.05) is 39.6 Å². The van der Waals surface area contributed by atoms with Gasteiger partial charge in [0.05, 0.1) is 39.6 Å². The molecule has 120 valence electrons. The summed E-state index contributed by atoms with van der Waals surface area (Å²) in [6.07, 6.45) is 0. The van der Waals surface area contributed by atoms with E-state index in [1.54, 1.807) is 0 Å². The Bertz CT molecular complexity index is 414. The van der Waals surface area contributed by atoms with Gasteiger partial charge in [0.2, 0.25) is 0 Å². The van der Waals surface area contributed by atoms with Gasteiger partial charge in [-0.2, -0.15) is 0 Å². The highest BCUT2D eigenvalue weighted by atomic mass is 16.5. The van der Waals surface area contributed by atoms with Gasteiger partial charge in [-0.05, 0) is 11.1 Å². The van der Waals surface area contributed by atoms with Gasteiger partial charge in [-0.1, -0.05) is 60.7 Å². The molecule has 0 aliphatic heterocycles. The van der Waals surface area contributed by atoms with Crippen LogP contribution in [0.2, 0.25) is 0 Å². The van der Waals surface area contributed by atoms with Crippen LogP contribution in [0.3, 0.4) is 0 Å². The summed E-state index contributed by atoms with van der Waals surface area (Å²) in [4.78, 5) is 0. The molecule has 2 N–H and O–H groups in total. The van der Waals surface area contributed by atoms with Crippen molar-refractivity contribution in [3.8, 4) is 11.1 Å². The van der Waals surface area contributed by atoms with Crippen LogP contribution in [0.4, 0.5) is 0 Å². The van der Waals surface area contributed by atoms with E-state index >= 15 is 0 Å². The van der Waals surface area contributed by atoms with Gasteiger partial charge in [-0.25, -0.2) is 0 Å². The number of hydrogen-bond acceptors (Lipinski definition) is 4. The summed E-state index contributed by atoms with van der Waals surface area (Å²) in [5.41, 5.74) is 2.55. The van der Waals surface area contributed by atoms with E-state index in [1.165, 1.54) is 11.1 Å². The normalized spacial score (nSPS) is 9.91. The minimum atomic E-state index is 0.0417. The molecule has 2 aromatic rings. The van der Waals surface area contributed by atoms with Crippen LogP contribution in [0.1, 0.15) is 0 Å². The zero-order valence-electron chi connectivity index (χ0n) is 12.7. The molecule has 0 heterocycles. The fraction of sp³-hybridized carbons (Fsp3) is 0.333. The molecule has 4 heteroatoms. The fourth-order valence-corrected chi connectivity index (χ4v) is 1.71. The van der Waals surface area contributed by atoms with Gasteiger partial charge in [0.25, 0.3) is 0 Å². The average Bonchev–Trinajstić information content (AvgIpc) is 2.60. The van der Waals surface area contributed by atoms with Crippen molar-refractivity contribution in [1.82, 2.24) is 0 Å². The van der Waals surface area contributed by atoms with E-state index in [1.807, 2.05) is 12.1 Å². The molecule has 4 nitrogen and oxygen atoms in total. The number of ether oxygens (including phenoxy) is 2. The van der Waals surface area contributed by atoms with Crippen molar-refractivity contribution < 1.29 is 19.7 Å². The average molecular weight is 304 g/mol. The van der Waals surface area contributed by atoms with E-state index in [-0.39, 0.29) is 13.2 Å². The van der Waals surface area contributed by atoms with Gasteiger partial charge < -0.3 is 19.7 Å². The molecule has 0 aromatic heterocycles. The van der Waals surface area contributed by atoms with Gasteiger partial charge in [0, 0.05) is 0 Å². The van der Waals surface area contributed by atoms with Gasteiger partial charge in [-0.15, -0.1) is 0 Å². The SMILES string of the molecule is OCCOCCOCCO.c1ccc(-c2ccccc2)cc1. The lowest BCUT2D eigenvalue weighted by atomic mass is 10.1. The molecular formula is C18H24O4. The number of aliphatic hydroxyl groups excluding tert-OH is 2. The third kappa shape index (κ3) is 8.54. The van der Waals surface area contributed by atoms with Crippen LogP contribution in [0.25, 0.3) is 11.1 Å². The lowest BCUT2D eigenvalue weighted by Gasteiger charge is -2.01. The Hall–Kier alpha value is -1.72. The summed E-state index contributed by atoms with van der Waals surface area (Å²) < 4.78 is 9.75. The molecule has 0 unspecified atom stereocenters. The second-order valence-corrected chi connectivity index (χ2v) is 4.40. The van der Waals surface area contributed by atoms with E-state index in [0.29, 0.717) is 26.4 Å². The second kappa shape index (κ2) is 13.0. The minimum absolute atomic E-state index is 0.0417. The molecule has 0 saturated carbocycles. The van der Waals surface area contributed by atoms with Crippen LogP contribution in [-0.2, 0) is 9.47 Å². The quantitative estimate of drug-likeness (QED) is 0.735. The van der Waals surface area contributed by atoms with Gasteiger partial charge in [0.15, 0.2) is 0 Å². The Morgan fingerprint density at radius 3 is 1.23 bits per heavy atom. The number of benzene rings is 2. The fourth-order valence-electron chi connectivity index (χ4n) is 1.71. The second-order valence-electron chi connectivity index (χ2n) is 4.40. The molecule has 0 bridgehead atoms. The molecule has 0 aliphatic carbocycles. The first-order chi connectivity index (χ1) is 10.9. The molecule has 0 radical (unpaired) electrons. The lowest BCUT2D eigenvalue weighted by Crippen LogP contribution is -2.09. The third-order valence-electron chi connectivity index (χ3n) is 2.72. The van der Waals surface area contributed by atoms with E-state index in [4.69, 9.17) is 19.7 Å². The zero-order chi connectivity index (χ0) is 15.9. The first kappa shape index (κ1) is 18.3. The molecule has 2 rings (SSSR count). The van der Waals surface area contributed by atoms with Gasteiger partial charge in [0.1, 0.15) is 0 Å². The maximum absolute atomic E-state index is 8.26. The maximum Gasteiger partial charge on any atom is 0.0701 e. The van der Waals surface area contributed by atoms with Crippen molar-refractivity contribution in [3.05, 3.63) is 60.7 Å². The van der Waals surface area contributed by atoms with Crippen LogP contribution >= 0.6 is 0 Å². The van der Waals surface area contributed by atoms with Crippen LogP contribution in [0.15, 0.2) is 60.7 Å². The highest BCUT2D eigenvalue weighted by Gasteiger charge is 1.91. The minimum Gasteiger partial charge on any atom is -0.394 e. The summed E-state index contributed by atoms with van der Waals surface area (Å²) in [5, 5.41) is 16.5. The van der Waals surface area contributed by atoms with Gasteiger partial charge >= 0.3 is 0 Å². The number of aliphatic hydroxyl groups is 2. The third-order valence-corrected chi connectivity index (χ3v) is 2.72. The predicted octanol–water partition coefficient (Wildman–Crippen LogP) is 2.36. The Kier molecular flexibility index (Phi) is 10.8. The van der Waals surface area contributed by atoms with Crippen LogP contribution in [0.5, 0.6) is 0 Å². The van der Waals surface area contributed by atoms with Crippen molar-refractivity contribution in [2.45, 2.75) is 0 Å². The Morgan fingerprint density at radius 1 is 0.545 bits per heavy atom. The van der Waals surface area contributed by atoms with E-state index in [0.717, 1.165) is 0 Å². The first-order valence-electron chi connectivity index (χ1n) is 7.36. The zero-order valence-corrected chi connectivity index (χ0v) is 12.7. The summed E-state index contributed by atoms with van der Waals surface area (Å²) in [5.74, 6) is 0. The largest absolute Gasteiger partial charge is 0.394 e. The van der Waals surface area contributed by atoms with Crippen molar-refractivity contribution in [1.29, 1.82) is 0 Å². The summed E-state index contributed by atoms with van der Waals surface area (Å²) in [6, 6.07) is 20.8. The van der Waals surface area contributed by atoms with Gasteiger partial charge in [-0.3, -0.25) is 0 Å². The summed E-state index contributed by atoms with van der Waals surface area (Å²) in [7, 11) is 0. The summed E-state index contributed by atoms with van der Waals surface area (Å²) >= 11 is 0.